The summed E-state index contributed by atoms with van der Waals surface area (Å²) in [4.78, 5) is 47.9. The monoisotopic (exact) mass is 436 g/mol. The number of hydrogen-bond acceptors (Lipinski definition) is 7. The van der Waals surface area contributed by atoms with Gasteiger partial charge in [-0.15, -0.1) is 0 Å². The second-order valence-corrected chi connectivity index (χ2v) is 8.24. The summed E-state index contributed by atoms with van der Waals surface area (Å²) in [5.41, 5.74) is 5.78. The van der Waals surface area contributed by atoms with Crippen molar-refractivity contribution in [3.05, 3.63) is 0 Å². The van der Waals surface area contributed by atoms with Gasteiger partial charge in [-0.05, 0) is 37.7 Å². The molecule has 0 aliphatic heterocycles. The van der Waals surface area contributed by atoms with E-state index in [0.29, 0.717) is 12.2 Å². The number of nitrogens with one attached hydrogen (secondary N) is 3. The molecule has 0 heterocycles. The Morgan fingerprint density at radius 1 is 1.00 bits per heavy atom. The smallest absolute Gasteiger partial charge is 0.326 e. The maximum Gasteiger partial charge on any atom is 0.326 e. The third-order valence-corrected chi connectivity index (χ3v) is 4.87. The first-order valence-corrected chi connectivity index (χ1v) is 11.0. The lowest BCUT2D eigenvalue weighted by atomic mass is 10.0. The minimum absolute atomic E-state index is 0.0201. The van der Waals surface area contributed by atoms with Crippen LogP contribution in [0.25, 0.3) is 0 Å². The van der Waals surface area contributed by atoms with E-state index in [1.807, 2.05) is 20.1 Å². The number of amides is 3. The first-order chi connectivity index (χ1) is 13.0. The zero-order valence-corrected chi connectivity index (χ0v) is 18.4. The molecule has 0 aliphatic rings. The molecule has 0 radical (unpaired) electrons. The molecule has 162 valence electrons. The Balaban J connectivity index is 4.75. The summed E-state index contributed by atoms with van der Waals surface area (Å²) < 4.78 is 0. The Morgan fingerprint density at radius 2 is 1.57 bits per heavy atom. The highest BCUT2D eigenvalue weighted by atomic mass is 32.2. The molecule has 0 aromatic rings. The molecule has 4 unspecified atom stereocenters. The molecule has 0 aromatic heterocycles. The lowest BCUT2D eigenvalue weighted by molar-refractivity contribution is -0.142. The van der Waals surface area contributed by atoms with Gasteiger partial charge >= 0.3 is 5.97 Å². The highest BCUT2D eigenvalue weighted by molar-refractivity contribution is 7.98. The molecule has 9 nitrogen and oxygen atoms in total. The first-order valence-electron chi connectivity index (χ1n) is 9.02. The van der Waals surface area contributed by atoms with E-state index in [4.69, 9.17) is 5.73 Å². The molecule has 0 rings (SSSR count). The molecule has 6 N–H and O–H groups in total. The number of rotatable bonds is 13. The van der Waals surface area contributed by atoms with Crippen LogP contribution in [-0.2, 0) is 19.2 Å². The minimum Gasteiger partial charge on any atom is -0.480 e. The average molecular weight is 437 g/mol. The fourth-order valence-corrected chi connectivity index (χ4v) is 2.96. The van der Waals surface area contributed by atoms with Crippen molar-refractivity contribution >= 4 is 48.1 Å². The molecule has 0 saturated carbocycles. The predicted molar refractivity (Wildman–Crippen MR) is 113 cm³/mol. The van der Waals surface area contributed by atoms with Gasteiger partial charge in [-0.1, -0.05) is 13.8 Å². The van der Waals surface area contributed by atoms with Crippen LogP contribution in [-0.4, -0.2) is 70.7 Å². The molecule has 28 heavy (non-hydrogen) atoms. The number of carboxylic acids is 1. The number of nitrogens with two attached hydrogens (primary N) is 1. The maximum absolute atomic E-state index is 12.3. The third kappa shape index (κ3) is 10.2. The van der Waals surface area contributed by atoms with Gasteiger partial charge in [0.2, 0.25) is 17.7 Å². The van der Waals surface area contributed by atoms with E-state index < -0.39 is 47.9 Å². The summed E-state index contributed by atoms with van der Waals surface area (Å²) >= 11 is 5.62. The number of thiol groups is 1. The van der Waals surface area contributed by atoms with Crippen LogP contribution in [0.3, 0.4) is 0 Å². The summed E-state index contributed by atoms with van der Waals surface area (Å²) in [5, 5.41) is 16.6. The number of carboxylic acid groups (broad SMARTS) is 1. The highest BCUT2D eigenvalue weighted by Gasteiger charge is 2.27. The van der Waals surface area contributed by atoms with Gasteiger partial charge in [-0.25, -0.2) is 4.79 Å². The number of thioether (sulfide) groups is 1. The van der Waals surface area contributed by atoms with Gasteiger partial charge < -0.3 is 26.8 Å². The van der Waals surface area contributed by atoms with Crippen molar-refractivity contribution in [1.29, 1.82) is 0 Å². The quantitative estimate of drug-likeness (QED) is 0.215. The Bertz CT molecular complexity index is 548. The van der Waals surface area contributed by atoms with Gasteiger partial charge in [0.15, 0.2) is 0 Å². The Morgan fingerprint density at radius 3 is 2.04 bits per heavy atom. The van der Waals surface area contributed by atoms with Crippen LogP contribution in [0.1, 0.15) is 33.6 Å². The van der Waals surface area contributed by atoms with Crippen molar-refractivity contribution < 1.29 is 24.3 Å². The molecule has 3 amide bonds. The molecule has 0 fully saturated rings. The van der Waals surface area contributed by atoms with E-state index in [9.17, 15) is 24.3 Å². The largest absolute Gasteiger partial charge is 0.480 e. The van der Waals surface area contributed by atoms with E-state index in [1.54, 1.807) is 11.8 Å². The molecule has 0 spiro atoms. The number of carbonyl (C=O) groups is 4. The summed E-state index contributed by atoms with van der Waals surface area (Å²) in [5.74, 6) is -2.02. The molecular weight excluding hydrogens is 404 g/mol. The molecule has 0 bridgehead atoms. The standard InChI is InChI=1S/C17H32N4O5S2/c1-9(2)7-12(17(25)26)20-14(22)10(3)19-16(24)13(8-27)21-15(23)11(18)5-6-28-4/h9-13,27H,5-8,18H2,1-4H3,(H,19,24)(H,20,22)(H,21,23)(H,25,26). The Kier molecular flexibility index (Phi) is 13.0. The van der Waals surface area contributed by atoms with E-state index in [2.05, 4.69) is 28.6 Å². The summed E-state index contributed by atoms with van der Waals surface area (Å²) in [7, 11) is 0. The molecule has 4 atom stereocenters. The van der Waals surface area contributed by atoms with E-state index in [-0.39, 0.29) is 18.1 Å². The van der Waals surface area contributed by atoms with Crippen molar-refractivity contribution in [3.8, 4) is 0 Å². The van der Waals surface area contributed by atoms with Crippen molar-refractivity contribution in [3.63, 3.8) is 0 Å². The number of aliphatic carboxylic acids is 1. The van der Waals surface area contributed by atoms with E-state index in [1.165, 1.54) is 6.92 Å². The normalized spacial score (nSPS) is 15.2. The Hall–Kier alpha value is -1.46. The second kappa shape index (κ2) is 13.7. The fraction of sp³-hybridized carbons (Fsp3) is 0.765. The van der Waals surface area contributed by atoms with Gasteiger partial charge in [0.1, 0.15) is 18.1 Å². The van der Waals surface area contributed by atoms with Crippen LogP contribution in [0.15, 0.2) is 0 Å². The molecule has 0 saturated heterocycles. The number of hydrogen-bond donors (Lipinski definition) is 6. The predicted octanol–water partition coefficient (Wildman–Crippen LogP) is -0.398. The first kappa shape index (κ1) is 26.5. The minimum atomic E-state index is -1.14. The molecule has 0 aliphatic carbocycles. The fourth-order valence-electron chi connectivity index (χ4n) is 2.22. The van der Waals surface area contributed by atoms with Crippen molar-refractivity contribution in [1.82, 2.24) is 16.0 Å². The van der Waals surface area contributed by atoms with Gasteiger partial charge in [0, 0.05) is 5.75 Å². The summed E-state index contributed by atoms with van der Waals surface area (Å²) in [6.45, 7) is 5.12. The van der Waals surface area contributed by atoms with Gasteiger partial charge in [0.25, 0.3) is 0 Å². The van der Waals surface area contributed by atoms with Gasteiger partial charge in [-0.2, -0.15) is 24.4 Å². The zero-order chi connectivity index (χ0) is 21.9. The molecular formula is C17H32N4O5S2. The van der Waals surface area contributed by atoms with Gasteiger partial charge in [-0.3, -0.25) is 14.4 Å². The van der Waals surface area contributed by atoms with Gasteiger partial charge in [0.05, 0.1) is 6.04 Å². The third-order valence-electron chi connectivity index (χ3n) is 3.86. The highest BCUT2D eigenvalue weighted by Crippen LogP contribution is 2.05. The van der Waals surface area contributed by atoms with E-state index in [0.717, 1.165) is 0 Å². The second-order valence-electron chi connectivity index (χ2n) is 6.89. The van der Waals surface area contributed by atoms with Crippen LogP contribution >= 0.6 is 24.4 Å². The van der Waals surface area contributed by atoms with Crippen LogP contribution in [0.4, 0.5) is 0 Å². The van der Waals surface area contributed by atoms with Crippen LogP contribution in [0, 0.1) is 5.92 Å². The number of carbonyl (C=O) groups excluding carboxylic acids is 3. The maximum atomic E-state index is 12.3. The van der Waals surface area contributed by atoms with E-state index >= 15 is 0 Å². The topological polar surface area (TPSA) is 151 Å². The lowest BCUT2D eigenvalue weighted by Crippen LogP contribution is -2.57. The lowest BCUT2D eigenvalue weighted by Gasteiger charge is -2.23. The van der Waals surface area contributed by atoms with Crippen LogP contribution in [0.5, 0.6) is 0 Å². The zero-order valence-electron chi connectivity index (χ0n) is 16.7. The van der Waals surface area contributed by atoms with Crippen LogP contribution in [0.2, 0.25) is 0 Å². The van der Waals surface area contributed by atoms with Crippen molar-refractivity contribution in [2.24, 2.45) is 11.7 Å². The molecule has 11 heteroatoms. The van der Waals surface area contributed by atoms with Crippen molar-refractivity contribution in [2.75, 3.05) is 17.8 Å². The summed E-state index contributed by atoms with van der Waals surface area (Å²) in [6, 6.07) is -3.72. The summed E-state index contributed by atoms with van der Waals surface area (Å²) in [6.07, 6.45) is 2.64. The SMILES string of the molecule is CSCCC(N)C(=O)NC(CS)C(=O)NC(C)C(=O)NC(CC(C)C)C(=O)O. The average Bonchev–Trinajstić information content (AvgIpc) is 2.62. The van der Waals surface area contributed by atoms with Crippen LogP contribution < -0.4 is 21.7 Å². The Labute approximate surface area is 175 Å². The van der Waals surface area contributed by atoms with Crippen molar-refractivity contribution in [2.45, 2.75) is 57.8 Å². The molecule has 0 aromatic carbocycles.